The van der Waals surface area contributed by atoms with Crippen LogP contribution in [0.4, 0.5) is 0 Å². The van der Waals surface area contributed by atoms with Crippen LogP contribution in [0.2, 0.25) is 0 Å². The summed E-state index contributed by atoms with van der Waals surface area (Å²) >= 11 is 0. The minimum Gasteiger partial charge on any atom is -0.481 e. The predicted octanol–water partition coefficient (Wildman–Crippen LogP) is 3.64. The van der Waals surface area contributed by atoms with Gasteiger partial charge in [0.05, 0.1) is 6.04 Å². The zero-order valence-corrected chi connectivity index (χ0v) is 12.7. The monoisotopic (exact) mass is 283 g/mol. The van der Waals surface area contributed by atoms with Crippen LogP contribution >= 0.6 is 0 Å². The molecule has 2 rings (SSSR count). The maximum absolute atomic E-state index is 12.2. The molecular formula is C18H21NO2. The molecule has 0 bridgehead atoms. The van der Waals surface area contributed by atoms with E-state index in [2.05, 4.69) is 5.32 Å². The third kappa shape index (κ3) is 4.35. The van der Waals surface area contributed by atoms with Gasteiger partial charge in [-0.3, -0.25) is 4.79 Å². The van der Waals surface area contributed by atoms with Crippen molar-refractivity contribution in [3.8, 4) is 5.75 Å². The second-order valence-electron chi connectivity index (χ2n) is 5.21. The average Bonchev–Trinajstić information content (AvgIpc) is 2.50. The summed E-state index contributed by atoms with van der Waals surface area (Å²) in [5.41, 5.74) is 2.24. The lowest BCUT2D eigenvalue weighted by Gasteiger charge is -2.19. The molecule has 2 atom stereocenters. The highest BCUT2D eigenvalue weighted by molar-refractivity contribution is 5.81. The van der Waals surface area contributed by atoms with Crippen LogP contribution in [0.5, 0.6) is 5.75 Å². The van der Waals surface area contributed by atoms with E-state index in [4.69, 9.17) is 4.74 Å². The molecule has 0 unspecified atom stereocenters. The van der Waals surface area contributed by atoms with E-state index in [1.807, 2.05) is 68.4 Å². The predicted molar refractivity (Wildman–Crippen MR) is 84.3 cm³/mol. The number of rotatable bonds is 5. The van der Waals surface area contributed by atoms with E-state index in [9.17, 15) is 4.79 Å². The minimum absolute atomic E-state index is 0.0391. The molecule has 0 aromatic heterocycles. The van der Waals surface area contributed by atoms with Gasteiger partial charge >= 0.3 is 0 Å². The molecule has 0 aliphatic rings. The van der Waals surface area contributed by atoms with Gasteiger partial charge < -0.3 is 10.1 Å². The standard InChI is InChI=1S/C18H21NO2/c1-13-9-11-17(12-10-13)21-15(3)18(20)19-14(2)16-7-5-4-6-8-16/h4-12,14-15H,1-3H3,(H,19,20)/t14-,15+/m1/s1. The Morgan fingerprint density at radius 2 is 1.62 bits per heavy atom. The number of hydrogen-bond acceptors (Lipinski definition) is 2. The molecule has 2 aromatic carbocycles. The minimum atomic E-state index is -0.529. The van der Waals surface area contributed by atoms with Gasteiger partial charge in [0.1, 0.15) is 5.75 Å². The fourth-order valence-corrected chi connectivity index (χ4v) is 2.03. The molecule has 3 nitrogen and oxygen atoms in total. The molecule has 0 spiro atoms. The van der Waals surface area contributed by atoms with Gasteiger partial charge in [0.2, 0.25) is 0 Å². The lowest BCUT2D eigenvalue weighted by atomic mass is 10.1. The highest BCUT2D eigenvalue weighted by atomic mass is 16.5. The zero-order valence-electron chi connectivity index (χ0n) is 12.7. The Balaban J connectivity index is 1.92. The van der Waals surface area contributed by atoms with Crippen molar-refractivity contribution in [3.63, 3.8) is 0 Å². The van der Waals surface area contributed by atoms with Gasteiger partial charge in [0.15, 0.2) is 6.10 Å². The van der Waals surface area contributed by atoms with Crippen LogP contribution < -0.4 is 10.1 Å². The Hall–Kier alpha value is -2.29. The van der Waals surface area contributed by atoms with Crippen LogP contribution in [-0.4, -0.2) is 12.0 Å². The van der Waals surface area contributed by atoms with E-state index in [0.29, 0.717) is 5.75 Å². The largest absolute Gasteiger partial charge is 0.481 e. The summed E-state index contributed by atoms with van der Waals surface area (Å²) < 4.78 is 5.66. The number of benzene rings is 2. The summed E-state index contributed by atoms with van der Waals surface area (Å²) in [7, 11) is 0. The van der Waals surface area contributed by atoms with E-state index < -0.39 is 6.10 Å². The number of carbonyl (C=O) groups is 1. The normalized spacial score (nSPS) is 13.3. The van der Waals surface area contributed by atoms with Gasteiger partial charge in [-0.15, -0.1) is 0 Å². The molecule has 0 fully saturated rings. The molecule has 0 aliphatic heterocycles. The first-order valence-corrected chi connectivity index (χ1v) is 7.15. The first-order valence-electron chi connectivity index (χ1n) is 7.15. The van der Waals surface area contributed by atoms with Crippen LogP contribution in [0.3, 0.4) is 0 Å². The van der Waals surface area contributed by atoms with E-state index in [1.54, 1.807) is 6.92 Å². The molecule has 0 aliphatic carbocycles. The molecular weight excluding hydrogens is 262 g/mol. The lowest BCUT2D eigenvalue weighted by Crippen LogP contribution is -2.37. The van der Waals surface area contributed by atoms with E-state index in [-0.39, 0.29) is 11.9 Å². The van der Waals surface area contributed by atoms with Crippen LogP contribution in [0.1, 0.15) is 31.0 Å². The fraction of sp³-hybridized carbons (Fsp3) is 0.278. The van der Waals surface area contributed by atoms with E-state index in [0.717, 1.165) is 11.1 Å². The molecule has 110 valence electrons. The average molecular weight is 283 g/mol. The van der Waals surface area contributed by atoms with Crippen molar-refractivity contribution in [2.45, 2.75) is 32.9 Å². The summed E-state index contributed by atoms with van der Waals surface area (Å²) in [5, 5.41) is 2.96. The van der Waals surface area contributed by atoms with Crippen molar-refractivity contribution in [1.82, 2.24) is 5.32 Å². The van der Waals surface area contributed by atoms with Crippen molar-refractivity contribution >= 4 is 5.91 Å². The van der Waals surface area contributed by atoms with E-state index >= 15 is 0 Å². The highest BCUT2D eigenvalue weighted by Gasteiger charge is 2.17. The maximum Gasteiger partial charge on any atom is 0.261 e. The van der Waals surface area contributed by atoms with Crippen molar-refractivity contribution in [2.24, 2.45) is 0 Å². The van der Waals surface area contributed by atoms with Crippen LogP contribution in [0, 0.1) is 6.92 Å². The third-order valence-electron chi connectivity index (χ3n) is 3.36. The van der Waals surface area contributed by atoms with Crippen molar-refractivity contribution < 1.29 is 9.53 Å². The van der Waals surface area contributed by atoms with Crippen LogP contribution in [0.25, 0.3) is 0 Å². The molecule has 3 heteroatoms. The molecule has 2 aromatic rings. The topological polar surface area (TPSA) is 38.3 Å². The number of hydrogen-bond donors (Lipinski definition) is 1. The molecule has 0 radical (unpaired) electrons. The second kappa shape index (κ2) is 6.93. The van der Waals surface area contributed by atoms with Gasteiger partial charge in [-0.2, -0.15) is 0 Å². The molecule has 1 amide bonds. The lowest BCUT2D eigenvalue weighted by molar-refractivity contribution is -0.127. The van der Waals surface area contributed by atoms with E-state index in [1.165, 1.54) is 0 Å². The van der Waals surface area contributed by atoms with Crippen molar-refractivity contribution in [2.75, 3.05) is 0 Å². The van der Waals surface area contributed by atoms with Gasteiger partial charge in [-0.1, -0.05) is 48.0 Å². The Labute approximate surface area is 126 Å². The highest BCUT2D eigenvalue weighted by Crippen LogP contribution is 2.15. The van der Waals surface area contributed by atoms with Gasteiger partial charge in [0.25, 0.3) is 5.91 Å². The fourth-order valence-electron chi connectivity index (χ4n) is 2.03. The smallest absolute Gasteiger partial charge is 0.261 e. The summed E-state index contributed by atoms with van der Waals surface area (Å²) in [6.45, 7) is 5.74. The Morgan fingerprint density at radius 3 is 2.24 bits per heavy atom. The SMILES string of the molecule is Cc1ccc(O[C@@H](C)C(=O)N[C@H](C)c2ccccc2)cc1. The molecule has 0 heterocycles. The molecule has 1 N–H and O–H groups in total. The van der Waals surface area contributed by atoms with Gasteiger partial charge in [-0.25, -0.2) is 0 Å². The van der Waals surface area contributed by atoms with Crippen LogP contribution in [0.15, 0.2) is 54.6 Å². The molecule has 0 saturated heterocycles. The number of carbonyl (C=O) groups excluding carboxylic acids is 1. The number of ether oxygens (including phenoxy) is 1. The third-order valence-corrected chi connectivity index (χ3v) is 3.36. The quantitative estimate of drug-likeness (QED) is 0.909. The summed E-state index contributed by atoms with van der Waals surface area (Å²) in [6.07, 6.45) is -0.529. The zero-order chi connectivity index (χ0) is 15.2. The number of aryl methyl sites for hydroxylation is 1. The van der Waals surface area contributed by atoms with Gasteiger partial charge in [-0.05, 0) is 38.5 Å². The summed E-state index contributed by atoms with van der Waals surface area (Å²) in [4.78, 5) is 12.2. The number of amides is 1. The first-order chi connectivity index (χ1) is 10.1. The first kappa shape index (κ1) is 15.1. The van der Waals surface area contributed by atoms with Gasteiger partial charge in [0, 0.05) is 0 Å². The Bertz CT molecular complexity index is 578. The Morgan fingerprint density at radius 1 is 1.00 bits per heavy atom. The Kier molecular flexibility index (Phi) is 4.99. The van der Waals surface area contributed by atoms with Crippen LogP contribution in [-0.2, 0) is 4.79 Å². The second-order valence-corrected chi connectivity index (χ2v) is 5.21. The van der Waals surface area contributed by atoms with Crippen molar-refractivity contribution in [1.29, 1.82) is 0 Å². The van der Waals surface area contributed by atoms with Crippen molar-refractivity contribution in [3.05, 3.63) is 65.7 Å². The summed E-state index contributed by atoms with van der Waals surface area (Å²) in [5.74, 6) is 0.586. The number of nitrogens with one attached hydrogen (secondary N) is 1. The summed E-state index contributed by atoms with van der Waals surface area (Å²) in [6, 6.07) is 17.5. The molecule has 0 saturated carbocycles. The maximum atomic E-state index is 12.2. The molecule has 21 heavy (non-hydrogen) atoms.